The minimum Gasteiger partial charge on any atom is -0.326 e. The lowest BCUT2D eigenvalue weighted by molar-refractivity contribution is -0.114. The molecule has 3 nitrogen and oxygen atoms in total. The summed E-state index contributed by atoms with van der Waals surface area (Å²) < 4.78 is 0. The third-order valence-corrected chi connectivity index (χ3v) is 4.58. The molecule has 0 spiro atoms. The maximum Gasteiger partial charge on any atom is 0.221 e. The van der Waals surface area contributed by atoms with Crippen molar-refractivity contribution < 1.29 is 4.79 Å². The van der Waals surface area contributed by atoms with E-state index >= 15 is 0 Å². The van der Waals surface area contributed by atoms with Crippen LogP contribution in [0.15, 0.2) is 54.6 Å². The lowest BCUT2D eigenvalue weighted by Gasteiger charge is -2.35. The summed E-state index contributed by atoms with van der Waals surface area (Å²) in [4.78, 5) is 11.1. The van der Waals surface area contributed by atoms with Crippen molar-refractivity contribution in [2.75, 3.05) is 5.32 Å². The fraction of sp³-hybridized carbons (Fsp3) is 0.350. The standard InChI is InChI=1S/C20H24N2O/c1-15(23)22-19-12-10-16(11-13-19)14-21-20(18-8-5-9-18)17-6-3-2-4-7-17/h2-4,6-7,10-13,18,20-21H,5,8-9,14H2,1H3,(H,22,23)/t20-/m0/s1. The van der Waals surface area contributed by atoms with Crippen molar-refractivity contribution in [3.05, 3.63) is 65.7 Å². The summed E-state index contributed by atoms with van der Waals surface area (Å²) in [7, 11) is 0. The number of rotatable bonds is 6. The quantitative estimate of drug-likeness (QED) is 0.836. The van der Waals surface area contributed by atoms with E-state index in [0.717, 1.165) is 18.2 Å². The normalized spacial score (nSPS) is 15.7. The maximum atomic E-state index is 11.1. The second-order valence-corrected chi connectivity index (χ2v) is 6.34. The number of nitrogens with one attached hydrogen (secondary N) is 2. The topological polar surface area (TPSA) is 41.1 Å². The van der Waals surface area contributed by atoms with Crippen LogP contribution in [0.1, 0.15) is 43.4 Å². The van der Waals surface area contributed by atoms with Crippen LogP contribution in [0.3, 0.4) is 0 Å². The number of hydrogen-bond acceptors (Lipinski definition) is 2. The highest BCUT2D eigenvalue weighted by Crippen LogP contribution is 2.37. The molecule has 2 aromatic carbocycles. The number of hydrogen-bond donors (Lipinski definition) is 2. The van der Waals surface area contributed by atoms with Crippen molar-refractivity contribution in [2.45, 2.75) is 38.8 Å². The number of amides is 1. The molecule has 3 heteroatoms. The third kappa shape index (κ3) is 4.20. The Kier molecular flexibility index (Phi) is 5.09. The summed E-state index contributed by atoms with van der Waals surface area (Å²) in [5, 5.41) is 6.53. The van der Waals surface area contributed by atoms with Crippen LogP contribution >= 0.6 is 0 Å². The third-order valence-electron chi connectivity index (χ3n) is 4.58. The molecule has 1 atom stereocenters. The van der Waals surface area contributed by atoms with E-state index in [4.69, 9.17) is 0 Å². The van der Waals surface area contributed by atoms with Crippen LogP contribution in [-0.4, -0.2) is 5.91 Å². The van der Waals surface area contributed by atoms with Gasteiger partial charge in [-0.25, -0.2) is 0 Å². The summed E-state index contributed by atoms with van der Waals surface area (Å²) in [6.07, 6.45) is 3.98. The molecule has 0 aliphatic heterocycles. The molecule has 1 aliphatic rings. The van der Waals surface area contributed by atoms with Crippen LogP contribution < -0.4 is 10.6 Å². The van der Waals surface area contributed by atoms with E-state index in [1.165, 1.54) is 37.3 Å². The molecular formula is C20H24N2O. The van der Waals surface area contributed by atoms with Crippen LogP contribution in [-0.2, 0) is 11.3 Å². The van der Waals surface area contributed by atoms with Crippen molar-refractivity contribution in [2.24, 2.45) is 5.92 Å². The van der Waals surface area contributed by atoms with Gasteiger partial charge in [0.15, 0.2) is 0 Å². The predicted molar refractivity (Wildman–Crippen MR) is 94.1 cm³/mol. The van der Waals surface area contributed by atoms with Gasteiger partial charge in [-0.2, -0.15) is 0 Å². The van der Waals surface area contributed by atoms with Crippen molar-refractivity contribution >= 4 is 11.6 Å². The number of benzene rings is 2. The summed E-state index contributed by atoms with van der Waals surface area (Å²) in [6, 6.07) is 19.2. The molecular weight excluding hydrogens is 284 g/mol. The Morgan fingerprint density at radius 2 is 1.78 bits per heavy atom. The Morgan fingerprint density at radius 3 is 2.35 bits per heavy atom. The molecule has 0 saturated heterocycles. The molecule has 0 radical (unpaired) electrons. The highest BCUT2D eigenvalue weighted by molar-refractivity contribution is 5.88. The molecule has 0 bridgehead atoms. The summed E-state index contributed by atoms with van der Waals surface area (Å²) in [6.45, 7) is 2.37. The molecule has 1 amide bonds. The Labute approximate surface area is 138 Å². The average Bonchev–Trinajstić information content (AvgIpc) is 2.51. The van der Waals surface area contributed by atoms with Crippen LogP contribution in [0.5, 0.6) is 0 Å². The summed E-state index contributed by atoms with van der Waals surface area (Å²) in [5.74, 6) is 0.709. The molecule has 1 aliphatic carbocycles. The molecule has 2 aromatic rings. The predicted octanol–water partition coefficient (Wildman–Crippen LogP) is 4.28. The Morgan fingerprint density at radius 1 is 1.09 bits per heavy atom. The van der Waals surface area contributed by atoms with Crippen molar-refractivity contribution in [3.63, 3.8) is 0 Å². The zero-order valence-electron chi connectivity index (χ0n) is 13.6. The smallest absolute Gasteiger partial charge is 0.221 e. The average molecular weight is 308 g/mol. The van der Waals surface area contributed by atoms with E-state index in [-0.39, 0.29) is 5.91 Å². The lowest BCUT2D eigenvalue weighted by atomic mass is 9.77. The minimum absolute atomic E-state index is 0.0370. The highest BCUT2D eigenvalue weighted by atomic mass is 16.1. The van der Waals surface area contributed by atoms with Gasteiger partial charge in [0.25, 0.3) is 0 Å². The van der Waals surface area contributed by atoms with Gasteiger partial charge in [0.2, 0.25) is 5.91 Å². The first-order valence-corrected chi connectivity index (χ1v) is 8.37. The molecule has 0 heterocycles. The number of carbonyl (C=O) groups is 1. The van der Waals surface area contributed by atoms with Crippen LogP contribution in [0.2, 0.25) is 0 Å². The van der Waals surface area contributed by atoms with E-state index < -0.39 is 0 Å². The SMILES string of the molecule is CC(=O)Nc1ccc(CN[C@@H](c2ccccc2)C2CCC2)cc1. The Balaban J connectivity index is 1.63. The van der Waals surface area contributed by atoms with Crippen LogP contribution in [0.4, 0.5) is 5.69 Å². The molecule has 120 valence electrons. The molecule has 23 heavy (non-hydrogen) atoms. The fourth-order valence-corrected chi connectivity index (χ4v) is 3.13. The zero-order chi connectivity index (χ0) is 16.1. The molecule has 1 saturated carbocycles. The Hall–Kier alpha value is -2.13. The van der Waals surface area contributed by atoms with Gasteiger partial charge in [-0.15, -0.1) is 0 Å². The van der Waals surface area contributed by atoms with Crippen LogP contribution in [0, 0.1) is 5.92 Å². The summed E-state index contributed by atoms with van der Waals surface area (Å²) in [5.41, 5.74) is 3.46. The van der Waals surface area contributed by atoms with Gasteiger partial charge in [-0.05, 0) is 42.0 Å². The molecule has 0 unspecified atom stereocenters. The second-order valence-electron chi connectivity index (χ2n) is 6.34. The first kappa shape index (κ1) is 15.8. The van der Waals surface area contributed by atoms with Gasteiger partial charge in [-0.3, -0.25) is 4.79 Å². The van der Waals surface area contributed by atoms with Gasteiger partial charge >= 0.3 is 0 Å². The van der Waals surface area contributed by atoms with E-state index in [1.54, 1.807) is 0 Å². The van der Waals surface area contributed by atoms with Crippen molar-refractivity contribution in [1.82, 2.24) is 5.32 Å². The summed E-state index contributed by atoms with van der Waals surface area (Å²) >= 11 is 0. The maximum absolute atomic E-state index is 11.1. The first-order chi connectivity index (χ1) is 11.2. The molecule has 2 N–H and O–H groups in total. The van der Waals surface area contributed by atoms with Crippen LogP contribution in [0.25, 0.3) is 0 Å². The Bertz CT molecular complexity index is 632. The molecule has 1 fully saturated rings. The number of anilines is 1. The largest absolute Gasteiger partial charge is 0.326 e. The second kappa shape index (κ2) is 7.42. The monoisotopic (exact) mass is 308 g/mol. The number of carbonyl (C=O) groups excluding carboxylic acids is 1. The van der Waals surface area contributed by atoms with E-state index in [0.29, 0.717) is 6.04 Å². The van der Waals surface area contributed by atoms with Gasteiger partial charge in [0.1, 0.15) is 0 Å². The van der Waals surface area contributed by atoms with Gasteiger partial charge in [0, 0.05) is 25.2 Å². The van der Waals surface area contributed by atoms with Gasteiger partial charge < -0.3 is 10.6 Å². The van der Waals surface area contributed by atoms with Crippen molar-refractivity contribution in [1.29, 1.82) is 0 Å². The minimum atomic E-state index is -0.0370. The fourth-order valence-electron chi connectivity index (χ4n) is 3.13. The van der Waals surface area contributed by atoms with E-state index in [1.807, 2.05) is 12.1 Å². The van der Waals surface area contributed by atoms with E-state index in [2.05, 4.69) is 53.1 Å². The highest BCUT2D eigenvalue weighted by Gasteiger charge is 2.27. The first-order valence-electron chi connectivity index (χ1n) is 8.37. The molecule has 3 rings (SSSR count). The molecule has 0 aromatic heterocycles. The van der Waals surface area contributed by atoms with Gasteiger partial charge in [0.05, 0.1) is 0 Å². The van der Waals surface area contributed by atoms with Gasteiger partial charge in [-0.1, -0.05) is 48.9 Å². The zero-order valence-corrected chi connectivity index (χ0v) is 13.6. The van der Waals surface area contributed by atoms with E-state index in [9.17, 15) is 4.79 Å². The lowest BCUT2D eigenvalue weighted by Crippen LogP contribution is -2.31. The van der Waals surface area contributed by atoms with Crippen molar-refractivity contribution in [3.8, 4) is 0 Å².